The van der Waals surface area contributed by atoms with Gasteiger partial charge < -0.3 is 20.9 Å². The third-order valence-electron chi connectivity index (χ3n) is 5.30. The van der Waals surface area contributed by atoms with Crippen molar-refractivity contribution in [2.45, 2.75) is 31.7 Å². The van der Waals surface area contributed by atoms with E-state index >= 15 is 0 Å². The number of nitrogens with zero attached hydrogens (tertiary/aromatic N) is 4. The highest BCUT2D eigenvalue weighted by molar-refractivity contribution is 5.88. The number of anilines is 3. The molecular weight excluding hydrogens is 430 g/mol. The number of alkyl halides is 4. The van der Waals surface area contributed by atoms with Crippen LogP contribution in [0, 0.1) is 12.3 Å². The van der Waals surface area contributed by atoms with Crippen LogP contribution in [-0.2, 0) is 6.18 Å². The molecule has 3 rings (SSSR count). The lowest BCUT2D eigenvalue weighted by Crippen LogP contribution is -2.54. The van der Waals surface area contributed by atoms with Gasteiger partial charge >= 0.3 is 12.2 Å². The molecule has 0 bridgehead atoms. The molecule has 8 nitrogen and oxygen atoms in total. The molecule has 0 unspecified atom stereocenters. The zero-order chi connectivity index (χ0) is 23.6. The summed E-state index contributed by atoms with van der Waals surface area (Å²) in [6, 6.07) is 1.73. The molecule has 0 radical (unpaired) electrons. The lowest BCUT2D eigenvalue weighted by Gasteiger charge is -2.40. The Kier molecular flexibility index (Phi) is 6.51. The van der Waals surface area contributed by atoms with Crippen LogP contribution in [0.2, 0.25) is 0 Å². The second-order valence-corrected chi connectivity index (χ2v) is 7.55. The summed E-state index contributed by atoms with van der Waals surface area (Å²) in [6.07, 6.45) is -3.16. The first kappa shape index (κ1) is 23.2. The average Bonchev–Trinajstić information content (AvgIpc) is 2.72. The highest BCUT2D eigenvalue weighted by atomic mass is 19.4. The molecule has 2 aromatic rings. The van der Waals surface area contributed by atoms with Crippen molar-refractivity contribution in [3.8, 4) is 0 Å². The molecule has 0 aromatic carbocycles. The largest absolute Gasteiger partial charge is 0.416 e. The predicted molar refractivity (Wildman–Crippen MR) is 113 cm³/mol. The quantitative estimate of drug-likeness (QED) is 0.485. The van der Waals surface area contributed by atoms with Crippen molar-refractivity contribution >= 4 is 29.6 Å². The molecule has 0 aliphatic carbocycles. The van der Waals surface area contributed by atoms with Crippen LogP contribution in [0.1, 0.15) is 23.2 Å². The van der Waals surface area contributed by atoms with Crippen molar-refractivity contribution in [3.63, 3.8) is 0 Å². The Balaban J connectivity index is 1.67. The van der Waals surface area contributed by atoms with Crippen molar-refractivity contribution in [1.82, 2.24) is 14.9 Å². The van der Waals surface area contributed by atoms with Gasteiger partial charge in [-0.05, 0) is 31.5 Å². The number of aromatic nitrogens is 2. The van der Waals surface area contributed by atoms with Crippen LogP contribution in [0.3, 0.4) is 0 Å². The maximum Gasteiger partial charge on any atom is 0.416 e. The minimum Gasteiger partial charge on any atom is -0.383 e. The second kappa shape index (κ2) is 8.97. The van der Waals surface area contributed by atoms with E-state index in [2.05, 4.69) is 15.3 Å². The van der Waals surface area contributed by atoms with Crippen LogP contribution in [0.5, 0.6) is 0 Å². The molecule has 12 heteroatoms. The normalized spacial score (nSPS) is 18.9. The maximum atomic E-state index is 15.0. The van der Waals surface area contributed by atoms with Gasteiger partial charge in [-0.15, -0.1) is 0 Å². The molecular formula is C20H23F4N7O. The third kappa shape index (κ3) is 5.06. The minimum atomic E-state index is -4.58. The van der Waals surface area contributed by atoms with Crippen molar-refractivity contribution in [2.24, 2.45) is 0 Å². The number of aryl methyl sites for hydroxylation is 1. The van der Waals surface area contributed by atoms with E-state index in [-0.39, 0.29) is 30.3 Å². The monoisotopic (exact) mass is 453 g/mol. The first-order valence-corrected chi connectivity index (χ1v) is 9.74. The van der Waals surface area contributed by atoms with Gasteiger partial charge in [-0.2, -0.15) is 13.2 Å². The number of hydrogen-bond donors (Lipinski definition) is 3. The lowest BCUT2D eigenvalue weighted by atomic mass is 10.0. The molecule has 1 aliphatic rings. The van der Waals surface area contributed by atoms with Gasteiger partial charge in [-0.1, -0.05) is 0 Å². The zero-order valence-electron chi connectivity index (χ0n) is 17.4. The SMILES string of the molecule is Cc1cc(C(F)(F)F)cc(NC(=O)N(C)[C@H]2CCN(c3cnc(N)c(C=N)c3)C[C@@H]2F)n1. The third-order valence-corrected chi connectivity index (χ3v) is 5.30. The number of nitrogen functional groups attached to an aromatic ring is 1. The second-order valence-electron chi connectivity index (χ2n) is 7.55. The van der Waals surface area contributed by atoms with Crippen LogP contribution < -0.4 is 16.0 Å². The van der Waals surface area contributed by atoms with E-state index in [9.17, 15) is 22.4 Å². The molecule has 2 amide bonds. The first-order chi connectivity index (χ1) is 15.0. The standard InChI is InChI=1S/C20H23F4N7O/c1-11-5-13(20(22,23)24)7-17(28-11)29-19(32)30(2)16-3-4-31(10-15(16)21)14-6-12(8-25)18(26)27-9-14/h5-9,15-16,25H,3-4,10H2,1-2H3,(H2,26,27)(H,28,29,32)/t15-,16-/m0/s1. The van der Waals surface area contributed by atoms with Crippen LogP contribution in [-0.4, -0.2) is 59.5 Å². The Hall–Kier alpha value is -3.44. The number of hydrogen-bond acceptors (Lipinski definition) is 6. The Labute approximate surface area is 181 Å². The molecule has 2 atom stereocenters. The smallest absolute Gasteiger partial charge is 0.383 e. The van der Waals surface area contributed by atoms with E-state index in [1.807, 2.05) is 0 Å². The van der Waals surface area contributed by atoms with Crippen LogP contribution in [0.4, 0.5) is 39.7 Å². The topological polar surface area (TPSA) is 111 Å². The summed E-state index contributed by atoms with van der Waals surface area (Å²) in [5.41, 5.74) is 5.87. The van der Waals surface area contributed by atoms with E-state index in [1.165, 1.54) is 20.2 Å². The molecule has 1 fully saturated rings. The number of carbonyl (C=O) groups is 1. The number of nitrogens with one attached hydrogen (secondary N) is 2. The number of nitrogens with two attached hydrogens (primary N) is 1. The van der Waals surface area contributed by atoms with E-state index in [0.29, 0.717) is 17.8 Å². The van der Waals surface area contributed by atoms with Crippen LogP contribution in [0.25, 0.3) is 0 Å². The fourth-order valence-electron chi connectivity index (χ4n) is 3.58. The van der Waals surface area contributed by atoms with Crippen molar-refractivity contribution in [3.05, 3.63) is 41.2 Å². The number of amides is 2. The van der Waals surface area contributed by atoms with E-state index in [1.54, 1.807) is 11.0 Å². The number of rotatable bonds is 4. The Bertz CT molecular complexity index is 1010. The molecule has 0 saturated carbocycles. The summed E-state index contributed by atoms with van der Waals surface area (Å²) >= 11 is 0. The predicted octanol–water partition coefficient (Wildman–Crippen LogP) is 3.46. The molecule has 4 N–H and O–H groups in total. The van der Waals surface area contributed by atoms with E-state index < -0.39 is 30.0 Å². The number of piperidine rings is 1. The summed E-state index contributed by atoms with van der Waals surface area (Å²) in [5, 5.41) is 9.69. The van der Waals surface area contributed by atoms with Gasteiger partial charge in [0.1, 0.15) is 17.8 Å². The number of pyridine rings is 2. The van der Waals surface area contributed by atoms with Crippen molar-refractivity contribution in [2.75, 3.05) is 36.1 Å². The van der Waals surface area contributed by atoms with Crippen molar-refractivity contribution < 1.29 is 22.4 Å². The summed E-state index contributed by atoms with van der Waals surface area (Å²) in [6.45, 7) is 1.77. The summed E-state index contributed by atoms with van der Waals surface area (Å²) in [7, 11) is 1.39. The molecule has 32 heavy (non-hydrogen) atoms. The van der Waals surface area contributed by atoms with Gasteiger partial charge in [0, 0.05) is 31.1 Å². The fourth-order valence-corrected chi connectivity index (χ4v) is 3.58. The molecule has 2 aromatic heterocycles. The van der Waals surface area contributed by atoms with Gasteiger partial charge in [0.15, 0.2) is 0 Å². The zero-order valence-corrected chi connectivity index (χ0v) is 17.4. The molecule has 3 heterocycles. The Morgan fingerprint density at radius 2 is 2.09 bits per heavy atom. The Morgan fingerprint density at radius 1 is 1.38 bits per heavy atom. The van der Waals surface area contributed by atoms with Crippen LogP contribution >= 0.6 is 0 Å². The van der Waals surface area contributed by atoms with Crippen LogP contribution in [0.15, 0.2) is 24.4 Å². The van der Waals surface area contributed by atoms with E-state index in [0.717, 1.165) is 23.2 Å². The summed E-state index contributed by atoms with van der Waals surface area (Å²) in [4.78, 5) is 23.4. The lowest BCUT2D eigenvalue weighted by molar-refractivity contribution is -0.137. The fraction of sp³-hybridized carbons (Fsp3) is 0.400. The molecule has 1 aliphatic heterocycles. The number of urea groups is 1. The molecule has 0 spiro atoms. The highest BCUT2D eigenvalue weighted by Crippen LogP contribution is 2.31. The Morgan fingerprint density at radius 3 is 2.72 bits per heavy atom. The number of halogens is 4. The van der Waals surface area contributed by atoms with Gasteiger partial charge in [-0.3, -0.25) is 5.32 Å². The molecule has 172 valence electrons. The van der Waals surface area contributed by atoms with Crippen molar-refractivity contribution in [1.29, 1.82) is 5.41 Å². The maximum absolute atomic E-state index is 15.0. The average molecular weight is 453 g/mol. The summed E-state index contributed by atoms with van der Waals surface area (Å²) < 4.78 is 54.0. The van der Waals surface area contributed by atoms with Gasteiger partial charge in [-0.25, -0.2) is 19.2 Å². The van der Waals surface area contributed by atoms with E-state index in [4.69, 9.17) is 11.1 Å². The van der Waals surface area contributed by atoms with Gasteiger partial charge in [0.25, 0.3) is 0 Å². The summed E-state index contributed by atoms with van der Waals surface area (Å²) in [5.74, 6) is -0.0561. The number of carbonyl (C=O) groups excluding carboxylic acids is 1. The first-order valence-electron chi connectivity index (χ1n) is 9.74. The van der Waals surface area contributed by atoms with Gasteiger partial charge in [0.2, 0.25) is 0 Å². The van der Waals surface area contributed by atoms with Gasteiger partial charge in [0.05, 0.1) is 30.0 Å². The molecule has 1 saturated heterocycles. The highest BCUT2D eigenvalue weighted by Gasteiger charge is 2.35. The minimum absolute atomic E-state index is 0.0216.